The van der Waals surface area contributed by atoms with Crippen LogP contribution in [0.3, 0.4) is 0 Å². The Morgan fingerprint density at radius 1 is 1.11 bits per heavy atom. The molecule has 1 fully saturated rings. The zero-order chi connectivity index (χ0) is 25.8. The summed E-state index contributed by atoms with van der Waals surface area (Å²) in [5.74, 6) is -0.857. The summed E-state index contributed by atoms with van der Waals surface area (Å²) in [6.45, 7) is 3.44. The maximum atomic E-state index is 12.8. The predicted octanol–water partition coefficient (Wildman–Crippen LogP) is 5.76. The van der Waals surface area contributed by atoms with Crippen molar-refractivity contribution in [1.29, 1.82) is 0 Å². The summed E-state index contributed by atoms with van der Waals surface area (Å²) in [6, 6.07) is 15.3. The molecule has 10 heteroatoms. The fraction of sp³-hybridized carbons (Fsp3) is 0.154. The fourth-order valence-electron chi connectivity index (χ4n) is 3.38. The Kier molecular flexibility index (Phi) is 7.61. The number of thioether (sulfide) groups is 1. The van der Waals surface area contributed by atoms with Crippen molar-refractivity contribution in [2.45, 2.75) is 13.8 Å². The lowest BCUT2D eigenvalue weighted by Gasteiger charge is -2.12. The molecule has 0 saturated carbocycles. The van der Waals surface area contributed by atoms with Gasteiger partial charge in [0.2, 0.25) is 5.91 Å². The molecule has 1 aliphatic heterocycles. The van der Waals surface area contributed by atoms with E-state index >= 15 is 0 Å². The topological polar surface area (TPSA) is 106 Å². The first kappa shape index (κ1) is 25.3. The van der Waals surface area contributed by atoms with E-state index in [9.17, 15) is 19.2 Å². The molecule has 0 atom stereocenters. The van der Waals surface area contributed by atoms with Crippen LogP contribution in [0.1, 0.15) is 28.6 Å². The number of carbonyl (C=O) groups is 4. The van der Waals surface area contributed by atoms with Gasteiger partial charge in [-0.3, -0.25) is 19.3 Å². The van der Waals surface area contributed by atoms with Crippen molar-refractivity contribution < 1.29 is 28.3 Å². The third-order valence-corrected chi connectivity index (χ3v) is 6.39. The van der Waals surface area contributed by atoms with Gasteiger partial charge in [-0.1, -0.05) is 29.3 Å². The Hall–Kier alpha value is -3.82. The number of imide groups is 1. The van der Waals surface area contributed by atoms with Crippen LogP contribution < -0.4 is 5.32 Å². The van der Waals surface area contributed by atoms with Gasteiger partial charge in [0.25, 0.3) is 11.1 Å². The van der Waals surface area contributed by atoms with Crippen LogP contribution in [0.25, 0.3) is 17.4 Å². The number of nitrogens with zero attached hydrogens (tertiary/aromatic N) is 1. The monoisotopic (exact) mass is 524 g/mol. The third-order valence-electron chi connectivity index (χ3n) is 5.16. The van der Waals surface area contributed by atoms with Crippen molar-refractivity contribution in [2.24, 2.45) is 0 Å². The van der Waals surface area contributed by atoms with Crippen molar-refractivity contribution in [2.75, 3.05) is 18.5 Å². The second-order valence-electron chi connectivity index (χ2n) is 7.80. The maximum Gasteiger partial charge on any atom is 0.339 e. The average molecular weight is 525 g/mol. The highest BCUT2D eigenvalue weighted by Crippen LogP contribution is 2.34. The van der Waals surface area contributed by atoms with Crippen LogP contribution in [0.2, 0.25) is 5.02 Å². The molecular weight excluding hydrogens is 504 g/mol. The highest BCUT2D eigenvalue weighted by Gasteiger charge is 2.36. The van der Waals surface area contributed by atoms with Gasteiger partial charge in [0.15, 0.2) is 0 Å². The second kappa shape index (κ2) is 10.8. The molecule has 8 nitrogen and oxygen atoms in total. The van der Waals surface area contributed by atoms with Gasteiger partial charge in [0, 0.05) is 17.3 Å². The van der Waals surface area contributed by atoms with Crippen LogP contribution in [0.15, 0.2) is 63.9 Å². The normalized spacial score (nSPS) is 14.4. The number of rotatable bonds is 7. The average Bonchev–Trinajstić information content (AvgIpc) is 3.41. The van der Waals surface area contributed by atoms with Crippen LogP contribution >= 0.6 is 23.4 Å². The molecule has 1 N–H and O–H groups in total. The van der Waals surface area contributed by atoms with Crippen molar-refractivity contribution >= 4 is 58.1 Å². The molecule has 0 radical (unpaired) electrons. The standard InChI is InChI=1S/C26H21ClN2O6S/c1-3-34-25(32)19-12-16(6-10-20(19)27)21-11-9-18(35-21)13-22-24(31)29(26(33)36-22)14-23(30)28-17-7-4-15(2)5-8-17/h4-13H,3,14H2,1-2H3,(H,28,30)/b22-13+. The van der Waals surface area contributed by atoms with Gasteiger partial charge in [-0.2, -0.15) is 0 Å². The smallest absolute Gasteiger partial charge is 0.339 e. The molecule has 1 saturated heterocycles. The molecule has 0 unspecified atom stereocenters. The molecular formula is C26H21ClN2O6S. The number of anilines is 1. The van der Waals surface area contributed by atoms with E-state index in [2.05, 4.69) is 5.32 Å². The molecule has 0 aliphatic carbocycles. The van der Waals surface area contributed by atoms with Gasteiger partial charge >= 0.3 is 5.97 Å². The summed E-state index contributed by atoms with van der Waals surface area (Å²) in [5, 5.41) is 2.38. The minimum Gasteiger partial charge on any atom is -0.462 e. The molecule has 184 valence electrons. The van der Waals surface area contributed by atoms with Crippen LogP contribution in [0.5, 0.6) is 0 Å². The number of benzene rings is 2. The van der Waals surface area contributed by atoms with E-state index in [1.165, 1.54) is 6.08 Å². The molecule has 2 aromatic carbocycles. The first-order valence-electron chi connectivity index (χ1n) is 10.9. The van der Waals surface area contributed by atoms with Crippen LogP contribution in [-0.2, 0) is 14.3 Å². The van der Waals surface area contributed by atoms with E-state index in [1.54, 1.807) is 49.4 Å². The largest absolute Gasteiger partial charge is 0.462 e. The number of halogens is 1. The van der Waals surface area contributed by atoms with Crippen LogP contribution in [0.4, 0.5) is 10.5 Å². The van der Waals surface area contributed by atoms with Gasteiger partial charge < -0.3 is 14.5 Å². The van der Waals surface area contributed by atoms with Gasteiger partial charge in [-0.05, 0) is 68.1 Å². The number of furan rings is 1. The maximum absolute atomic E-state index is 12.8. The molecule has 36 heavy (non-hydrogen) atoms. The van der Waals surface area contributed by atoms with Crippen molar-refractivity contribution in [1.82, 2.24) is 4.90 Å². The van der Waals surface area contributed by atoms with Gasteiger partial charge in [0.1, 0.15) is 18.1 Å². The molecule has 1 aliphatic rings. The Morgan fingerprint density at radius 3 is 2.58 bits per heavy atom. The van der Waals surface area contributed by atoms with E-state index in [0.717, 1.165) is 22.2 Å². The number of amides is 3. The van der Waals surface area contributed by atoms with E-state index in [-0.39, 0.29) is 22.1 Å². The summed E-state index contributed by atoms with van der Waals surface area (Å²) in [4.78, 5) is 50.7. The minimum absolute atomic E-state index is 0.132. The van der Waals surface area contributed by atoms with E-state index in [1.807, 2.05) is 19.1 Å². The highest BCUT2D eigenvalue weighted by molar-refractivity contribution is 8.18. The second-order valence-corrected chi connectivity index (χ2v) is 9.20. The highest BCUT2D eigenvalue weighted by atomic mass is 35.5. The van der Waals surface area contributed by atoms with Crippen molar-refractivity contribution in [3.63, 3.8) is 0 Å². The number of carbonyl (C=O) groups excluding carboxylic acids is 4. The van der Waals surface area contributed by atoms with E-state index < -0.39 is 29.6 Å². The molecule has 4 rings (SSSR count). The summed E-state index contributed by atoms with van der Waals surface area (Å²) < 4.78 is 10.8. The first-order chi connectivity index (χ1) is 17.2. The molecule has 2 heterocycles. The molecule has 3 amide bonds. The fourth-order valence-corrected chi connectivity index (χ4v) is 4.39. The van der Waals surface area contributed by atoms with E-state index in [4.69, 9.17) is 20.8 Å². The minimum atomic E-state index is -0.585. The van der Waals surface area contributed by atoms with Crippen LogP contribution in [-0.4, -0.2) is 41.1 Å². The van der Waals surface area contributed by atoms with Gasteiger partial charge in [-0.15, -0.1) is 0 Å². The summed E-state index contributed by atoms with van der Waals surface area (Å²) >= 11 is 6.84. The Labute approximate surface area is 216 Å². The molecule has 0 bridgehead atoms. The lowest BCUT2D eigenvalue weighted by atomic mass is 10.1. The number of aryl methyl sites for hydroxylation is 1. The number of ether oxygens (including phenoxy) is 1. The predicted molar refractivity (Wildman–Crippen MR) is 138 cm³/mol. The zero-order valence-corrected chi connectivity index (χ0v) is 20.9. The molecule has 0 spiro atoms. The third kappa shape index (κ3) is 5.69. The molecule has 1 aromatic heterocycles. The lowest BCUT2D eigenvalue weighted by Crippen LogP contribution is -2.36. The summed E-state index contributed by atoms with van der Waals surface area (Å²) in [7, 11) is 0. The molecule has 3 aromatic rings. The SMILES string of the molecule is CCOC(=O)c1cc(-c2ccc(/C=C3/SC(=O)N(CC(=O)Nc4ccc(C)cc4)C3=O)o2)ccc1Cl. The lowest BCUT2D eigenvalue weighted by molar-refractivity contribution is -0.127. The Balaban J connectivity index is 1.46. The number of hydrogen-bond acceptors (Lipinski definition) is 7. The van der Waals surface area contributed by atoms with Crippen molar-refractivity contribution in [3.8, 4) is 11.3 Å². The Bertz CT molecular complexity index is 1380. The number of esters is 1. The van der Waals surface area contributed by atoms with Gasteiger partial charge in [0.05, 0.1) is 22.1 Å². The quantitative estimate of drug-likeness (QED) is 0.309. The zero-order valence-electron chi connectivity index (χ0n) is 19.4. The summed E-state index contributed by atoms with van der Waals surface area (Å²) in [5.41, 5.74) is 2.41. The van der Waals surface area contributed by atoms with Crippen LogP contribution in [0, 0.1) is 6.92 Å². The number of nitrogens with one attached hydrogen (secondary N) is 1. The number of hydrogen-bond donors (Lipinski definition) is 1. The van der Waals surface area contributed by atoms with Gasteiger partial charge in [-0.25, -0.2) is 4.79 Å². The van der Waals surface area contributed by atoms with Crippen molar-refractivity contribution in [3.05, 3.63) is 81.4 Å². The van der Waals surface area contributed by atoms with E-state index in [0.29, 0.717) is 22.8 Å². The Morgan fingerprint density at radius 2 is 1.86 bits per heavy atom. The first-order valence-corrected chi connectivity index (χ1v) is 12.1. The summed E-state index contributed by atoms with van der Waals surface area (Å²) in [6.07, 6.45) is 1.44.